The van der Waals surface area contributed by atoms with Crippen molar-refractivity contribution < 1.29 is 4.79 Å². The number of nitrogens with one attached hydrogen (secondary N) is 1. The van der Waals surface area contributed by atoms with Crippen molar-refractivity contribution in [3.8, 4) is 0 Å². The summed E-state index contributed by atoms with van der Waals surface area (Å²) in [6.07, 6.45) is 1.45. The van der Waals surface area contributed by atoms with Gasteiger partial charge in [-0.05, 0) is 19.1 Å². The van der Waals surface area contributed by atoms with Gasteiger partial charge in [-0.1, -0.05) is 11.6 Å². The number of aryl methyl sites for hydroxylation is 1. The van der Waals surface area contributed by atoms with Crippen LogP contribution >= 0.6 is 22.9 Å². The third kappa shape index (κ3) is 3.25. The van der Waals surface area contributed by atoms with Gasteiger partial charge in [0.05, 0.1) is 12.1 Å². The Morgan fingerprint density at radius 3 is 2.94 bits per heavy atom. The number of carbonyl (C=O) groups excluding carboxylic acids is 1. The van der Waals surface area contributed by atoms with E-state index in [1.165, 1.54) is 17.5 Å². The van der Waals surface area contributed by atoms with E-state index < -0.39 is 0 Å². The summed E-state index contributed by atoms with van der Waals surface area (Å²) < 4.78 is 0. The highest BCUT2D eigenvalue weighted by Crippen LogP contribution is 2.09. The van der Waals surface area contributed by atoms with Crippen molar-refractivity contribution in [2.45, 2.75) is 13.5 Å². The number of hydrogen-bond acceptors (Lipinski definition) is 4. The first-order valence-electron chi connectivity index (χ1n) is 4.96. The lowest BCUT2D eigenvalue weighted by molar-refractivity contribution is 0.0950. The number of rotatable bonds is 3. The molecule has 0 radical (unpaired) electrons. The molecule has 6 heteroatoms. The van der Waals surface area contributed by atoms with Crippen molar-refractivity contribution in [3.05, 3.63) is 45.1 Å². The molecule has 1 amide bonds. The van der Waals surface area contributed by atoms with Crippen LogP contribution in [0.4, 0.5) is 0 Å². The van der Waals surface area contributed by atoms with E-state index in [1.54, 1.807) is 12.1 Å². The van der Waals surface area contributed by atoms with E-state index in [9.17, 15) is 4.79 Å². The average Bonchev–Trinajstić information content (AvgIpc) is 2.73. The molecule has 0 saturated heterocycles. The molecule has 2 aromatic rings. The predicted octanol–water partition coefficient (Wildman–Crippen LogP) is 2.43. The minimum absolute atomic E-state index is 0.179. The van der Waals surface area contributed by atoms with E-state index in [-0.39, 0.29) is 5.91 Å². The van der Waals surface area contributed by atoms with Crippen LogP contribution < -0.4 is 5.32 Å². The second-order valence-corrected chi connectivity index (χ2v) is 4.76. The second kappa shape index (κ2) is 5.25. The third-order valence-corrected chi connectivity index (χ3v) is 3.25. The molecule has 0 saturated carbocycles. The van der Waals surface area contributed by atoms with Crippen molar-refractivity contribution in [2.24, 2.45) is 0 Å². The number of halogens is 1. The Morgan fingerprint density at radius 1 is 1.53 bits per heavy atom. The molecule has 0 aliphatic rings. The number of nitrogens with zero attached hydrogens (tertiary/aromatic N) is 2. The molecule has 0 atom stereocenters. The summed E-state index contributed by atoms with van der Waals surface area (Å²) in [6, 6.07) is 3.22. The van der Waals surface area contributed by atoms with Crippen molar-refractivity contribution in [3.63, 3.8) is 0 Å². The maximum Gasteiger partial charge on any atom is 0.253 e. The normalized spacial score (nSPS) is 10.2. The van der Waals surface area contributed by atoms with Crippen molar-refractivity contribution in [1.82, 2.24) is 15.3 Å². The highest BCUT2D eigenvalue weighted by Gasteiger charge is 2.06. The molecule has 0 bridgehead atoms. The number of thiazole rings is 1. The third-order valence-electron chi connectivity index (χ3n) is 2.06. The van der Waals surface area contributed by atoms with E-state index in [4.69, 9.17) is 11.6 Å². The molecule has 0 unspecified atom stereocenters. The average molecular weight is 268 g/mol. The minimum Gasteiger partial charge on any atom is -0.345 e. The lowest BCUT2D eigenvalue weighted by Gasteiger charge is -2.02. The molecule has 0 fully saturated rings. The minimum atomic E-state index is -0.179. The Balaban J connectivity index is 1.95. The molecule has 0 aliphatic carbocycles. The molecular formula is C11H10ClN3OS. The molecule has 0 aliphatic heterocycles. The Kier molecular flexibility index (Phi) is 3.71. The van der Waals surface area contributed by atoms with Gasteiger partial charge in [-0.15, -0.1) is 11.3 Å². The maximum atomic E-state index is 11.7. The van der Waals surface area contributed by atoms with Crippen LogP contribution in [-0.2, 0) is 6.54 Å². The Bertz CT molecular complexity index is 524. The molecule has 4 nitrogen and oxygen atoms in total. The summed E-state index contributed by atoms with van der Waals surface area (Å²) >= 11 is 7.17. The summed E-state index contributed by atoms with van der Waals surface area (Å²) in [5.41, 5.74) is 1.45. The zero-order valence-corrected chi connectivity index (χ0v) is 10.7. The Hall–Kier alpha value is -1.46. The molecule has 1 N–H and O–H groups in total. The summed E-state index contributed by atoms with van der Waals surface area (Å²) in [4.78, 5) is 19.8. The van der Waals surface area contributed by atoms with E-state index >= 15 is 0 Å². The lowest BCUT2D eigenvalue weighted by Crippen LogP contribution is -2.22. The maximum absolute atomic E-state index is 11.7. The molecule has 17 heavy (non-hydrogen) atoms. The SMILES string of the molecule is Cc1csc(CNC(=O)c2ccc(Cl)nc2)n1. The molecule has 2 rings (SSSR count). The fourth-order valence-electron chi connectivity index (χ4n) is 1.25. The van der Waals surface area contributed by atoms with E-state index in [0.717, 1.165) is 10.7 Å². The van der Waals surface area contributed by atoms with Crippen molar-refractivity contribution in [1.29, 1.82) is 0 Å². The Morgan fingerprint density at radius 2 is 2.35 bits per heavy atom. The summed E-state index contributed by atoms with van der Waals surface area (Å²) in [6.45, 7) is 2.35. The zero-order chi connectivity index (χ0) is 12.3. The van der Waals surface area contributed by atoms with Crippen molar-refractivity contribution in [2.75, 3.05) is 0 Å². The number of aromatic nitrogens is 2. The molecule has 0 aromatic carbocycles. The van der Waals surface area contributed by atoms with Gasteiger partial charge in [-0.25, -0.2) is 9.97 Å². The van der Waals surface area contributed by atoms with E-state index in [0.29, 0.717) is 17.3 Å². The number of carbonyl (C=O) groups is 1. The highest BCUT2D eigenvalue weighted by atomic mass is 35.5. The van der Waals surface area contributed by atoms with Crippen LogP contribution in [0.5, 0.6) is 0 Å². The predicted molar refractivity (Wildman–Crippen MR) is 67.3 cm³/mol. The van der Waals surface area contributed by atoms with Gasteiger partial charge in [0, 0.05) is 17.3 Å². The van der Waals surface area contributed by atoms with Gasteiger partial charge in [0.15, 0.2) is 0 Å². The van der Waals surface area contributed by atoms with Gasteiger partial charge in [0.2, 0.25) is 0 Å². The van der Waals surface area contributed by atoms with Gasteiger partial charge < -0.3 is 5.32 Å². The van der Waals surface area contributed by atoms with E-state index in [2.05, 4.69) is 15.3 Å². The molecule has 2 aromatic heterocycles. The molecule has 2 heterocycles. The smallest absolute Gasteiger partial charge is 0.253 e. The fraction of sp³-hybridized carbons (Fsp3) is 0.182. The highest BCUT2D eigenvalue weighted by molar-refractivity contribution is 7.09. The first-order valence-corrected chi connectivity index (χ1v) is 6.21. The first-order chi connectivity index (χ1) is 8.15. The molecule has 0 spiro atoms. The number of amides is 1. The molecule has 88 valence electrons. The lowest BCUT2D eigenvalue weighted by atomic mass is 10.3. The van der Waals surface area contributed by atoms with Gasteiger partial charge in [0.1, 0.15) is 10.2 Å². The second-order valence-electron chi connectivity index (χ2n) is 3.43. The number of hydrogen-bond donors (Lipinski definition) is 1. The topological polar surface area (TPSA) is 54.9 Å². The largest absolute Gasteiger partial charge is 0.345 e. The zero-order valence-electron chi connectivity index (χ0n) is 9.11. The fourth-order valence-corrected chi connectivity index (χ4v) is 2.08. The quantitative estimate of drug-likeness (QED) is 0.869. The standard InChI is InChI=1S/C11H10ClN3OS/c1-7-6-17-10(15-7)5-14-11(16)8-2-3-9(12)13-4-8/h2-4,6H,5H2,1H3,(H,14,16). The summed E-state index contributed by atoms with van der Waals surface area (Å²) in [5.74, 6) is -0.179. The van der Waals surface area contributed by atoms with E-state index in [1.807, 2.05) is 12.3 Å². The van der Waals surface area contributed by atoms with Gasteiger partial charge >= 0.3 is 0 Å². The first kappa shape index (κ1) is 12.0. The van der Waals surface area contributed by atoms with Crippen LogP contribution in [0, 0.1) is 6.92 Å². The monoisotopic (exact) mass is 267 g/mol. The van der Waals surface area contributed by atoms with Crippen LogP contribution in [0.1, 0.15) is 21.1 Å². The van der Waals surface area contributed by atoms with Crippen LogP contribution in [-0.4, -0.2) is 15.9 Å². The van der Waals surface area contributed by atoms with Gasteiger partial charge in [-0.2, -0.15) is 0 Å². The Labute approximate surface area is 108 Å². The van der Waals surface area contributed by atoms with Crippen LogP contribution in [0.15, 0.2) is 23.7 Å². The van der Waals surface area contributed by atoms with Crippen molar-refractivity contribution >= 4 is 28.8 Å². The van der Waals surface area contributed by atoms with Crippen LogP contribution in [0.3, 0.4) is 0 Å². The van der Waals surface area contributed by atoms with Crippen LogP contribution in [0.25, 0.3) is 0 Å². The molecular weight excluding hydrogens is 258 g/mol. The van der Waals surface area contributed by atoms with Gasteiger partial charge in [-0.3, -0.25) is 4.79 Å². The van der Waals surface area contributed by atoms with Gasteiger partial charge in [0.25, 0.3) is 5.91 Å². The summed E-state index contributed by atoms with van der Waals surface area (Å²) in [7, 11) is 0. The van der Waals surface area contributed by atoms with Crippen LogP contribution in [0.2, 0.25) is 5.15 Å². The number of pyridine rings is 1. The summed E-state index contributed by atoms with van der Waals surface area (Å²) in [5, 5.41) is 5.98.